The van der Waals surface area contributed by atoms with Crippen molar-refractivity contribution in [1.29, 1.82) is 0 Å². The van der Waals surface area contributed by atoms with Gasteiger partial charge in [-0.1, -0.05) is 60.7 Å². The van der Waals surface area contributed by atoms with Gasteiger partial charge in [-0.05, 0) is 49.3 Å². The van der Waals surface area contributed by atoms with Crippen LogP contribution in [0.2, 0.25) is 0 Å². The number of nitrogens with one attached hydrogen (secondary N) is 1. The number of aromatic nitrogens is 2. The van der Waals surface area contributed by atoms with Gasteiger partial charge in [-0.3, -0.25) is 0 Å². The fraction of sp³-hybridized carbons (Fsp3) is 0.333. The largest absolute Gasteiger partial charge is 0.356 e. The van der Waals surface area contributed by atoms with Crippen LogP contribution >= 0.6 is 0 Å². The third-order valence-electron chi connectivity index (χ3n) is 5.59. The lowest BCUT2D eigenvalue weighted by atomic mass is 9.90. The van der Waals surface area contributed by atoms with Gasteiger partial charge in [0.1, 0.15) is 5.82 Å². The molecule has 4 rings (SSSR count). The van der Waals surface area contributed by atoms with Crippen LogP contribution in [0, 0.1) is 5.92 Å². The highest BCUT2D eigenvalue weighted by Crippen LogP contribution is 2.25. The molecule has 0 radical (unpaired) electrons. The van der Waals surface area contributed by atoms with E-state index < -0.39 is 0 Å². The molecule has 2 aromatic carbocycles. The number of piperidine rings is 1. The highest BCUT2D eigenvalue weighted by Gasteiger charge is 2.21. The van der Waals surface area contributed by atoms with Gasteiger partial charge in [0.05, 0.1) is 6.04 Å². The van der Waals surface area contributed by atoms with E-state index in [0.29, 0.717) is 5.95 Å². The van der Waals surface area contributed by atoms with Gasteiger partial charge in [-0.2, -0.15) is 4.98 Å². The molecule has 1 atom stereocenters. The minimum Gasteiger partial charge on any atom is -0.356 e. The summed E-state index contributed by atoms with van der Waals surface area (Å²) in [5.41, 5.74) is 2.68. The van der Waals surface area contributed by atoms with Crippen LogP contribution in [0.1, 0.15) is 36.9 Å². The van der Waals surface area contributed by atoms with Crippen molar-refractivity contribution in [3.8, 4) is 0 Å². The Bertz CT molecular complexity index is 858. The molecule has 1 unspecified atom stereocenters. The summed E-state index contributed by atoms with van der Waals surface area (Å²) < 4.78 is 0. The van der Waals surface area contributed by atoms with Crippen molar-refractivity contribution in [3.05, 3.63) is 84.1 Å². The van der Waals surface area contributed by atoms with Crippen molar-refractivity contribution in [2.45, 2.75) is 32.2 Å². The topological polar surface area (TPSA) is 41.1 Å². The predicted molar refractivity (Wildman–Crippen MR) is 116 cm³/mol. The van der Waals surface area contributed by atoms with E-state index in [9.17, 15) is 0 Å². The predicted octanol–water partition coefficient (Wildman–Crippen LogP) is 5.11. The lowest BCUT2D eigenvalue weighted by molar-refractivity contribution is 0.402. The molecule has 0 aliphatic carbocycles. The van der Waals surface area contributed by atoms with Gasteiger partial charge < -0.3 is 10.2 Å². The third-order valence-corrected chi connectivity index (χ3v) is 5.59. The summed E-state index contributed by atoms with van der Waals surface area (Å²) in [5.74, 6) is 2.48. The Balaban J connectivity index is 1.35. The van der Waals surface area contributed by atoms with Crippen molar-refractivity contribution in [2.24, 2.45) is 5.92 Å². The molecule has 4 nitrogen and oxygen atoms in total. The quantitative estimate of drug-likeness (QED) is 0.653. The molecular weight excluding hydrogens is 344 g/mol. The molecule has 1 aliphatic heterocycles. The minimum absolute atomic E-state index is 0.174. The summed E-state index contributed by atoms with van der Waals surface area (Å²) in [4.78, 5) is 11.6. The van der Waals surface area contributed by atoms with Crippen LogP contribution in [-0.2, 0) is 6.42 Å². The first kappa shape index (κ1) is 18.5. The fourth-order valence-corrected chi connectivity index (χ4v) is 3.93. The van der Waals surface area contributed by atoms with Gasteiger partial charge in [0, 0.05) is 19.3 Å². The Labute approximate surface area is 167 Å². The van der Waals surface area contributed by atoms with Gasteiger partial charge in [-0.25, -0.2) is 4.98 Å². The van der Waals surface area contributed by atoms with Gasteiger partial charge in [0.2, 0.25) is 5.95 Å². The Morgan fingerprint density at radius 2 is 1.64 bits per heavy atom. The van der Waals surface area contributed by atoms with Crippen LogP contribution in [0.4, 0.5) is 11.8 Å². The molecule has 2 heterocycles. The monoisotopic (exact) mass is 372 g/mol. The van der Waals surface area contributed by atoms with Crippen molar-refractivity contribution in [2.75, 3.05) is 23.3 Å². The van der Waals surface area contributed by atoms with E-state index in [0.717, 1.165) is 24.8 Å². The number of hydrogen-bond donors (Lipinski definition) is 1. The van der Waals surface area contributed by atoms with E-state index in [-0.39, 0.29) is 6.04 Å². The first-order chi connectivity index (χ1) is 13.8. The van der Waals surface area contributed by atoms with E-state index in [4.69, 9.17) is 4.98 Å². The summed E-state index contributed by atoms with van der Waals surface area (Å²) in [6.45, 7) is 4.25. The number of benzene rings is 2. The maximum Gasteiger partial charge on any atom is 0.225 e. The van der Waals surface area contributed by atoms with Crippen molar-refractivity contribution < 1.29 is 0 Å². The van der Waals surface area contributed by atoms with Gasteiger partial charge in [-0.15, -0.1) is 0 Å². The van der Waals surface area contributed by atoms with Crippen LogP contribution in [0.5, 0.6) is 0 Å². The maximum absolute atomic E-state index is 4.77. The molecule has 1 fully saturated rings. The molecule has 0 amide bonds. The van der Waals surface area contributed by atoms with E-state index >= 15 is 0 Å². The van der Waals surface area contributed by atoms with Crippen LogP contribution in [0.15, 0.2) is 72.9 Å². The van der Waals surface area contributed by atoms with E-state index in [1.165, 1.54) is 30.4 Å². The average Bonchev–Trinajstić information content (AvgIpc) is 2.76. The van der Waals surface area contributed by atoms with Gasteiger partial charge in [0.15, 0.2) is 0 Å². The van der Waals surface area contributed by atoms with Gasteiger partial charge >= 0.3 is 0 Å². The molecule has 1 aliphatic rings. The summed E-state index contributed by atoms with van der Waals surface area (Å²) in [5, 5.41) is 3.43. The number of rotatable bonds is 6. The highest BCUT2D eigenvalue weighted by molar-refractivity contribution is 5.44. The second kappa shape index (κ2) is 8.87. The summed E-state index contributed by atoms with van der Waals surface area (Å²) in [6, 6.07) is 23.4. The first-order valence-electron chi connectivity index (χ1n) is 10.2. The molecule has 144 valence electrons. The lowest BCUT2D eigenvalue weighted by Crippen LogP contribution is -2.35. The minimum atomic E-state index is 0.174. The summed E-state index contributed by atoms with van der Waals surface area (Å²) in [7, 11) is 0. The number of nitrogens with zero attached hydrogens (tertiary/aromatic N) is 3. The highest BCUT2D eigenvalue weighted by atomic mass is 15.2. The molecule has 3 aromatic rings. The van der Waals surface area contributed by atoms with Crippen LogP contribution in [0.3, 0.4) is 0 Å². The van der Waals surface area contributed by atoms with Crippen molar-refractivity contribution >= 4 is 11.8 Å². The average molecular weight is 373 g/mol. The molecule has 4 heteroatoms. The molecule has 1 aromatic heterocycles. The molecule has 0 saturated carbocycles. The smallest absolute Gasteiger partial charge is 0.225 e. The number of anilines is 2. The second-order valence-corrected chi connectivity index (χ2v) is 7.64. The molecule has 1 N–H and O–H groups in total. The molecule has 0 bridgehead atoms. The second-order valence-electron chi connectivity index (χ2n) is 7.64. The zero-order valence-electron chi connectivity index (χ0n) is 16.5. The SMILES string of the molecule is CC(Nc1nccc(N2CCC(Cc3ccccc3)CC2)n1)c1ccccc1. The molecular formula is C24H28N4. The van der Waals surface area contributed by atoms with Crippen molar-refractivity contribution in [1.82, 2.24) is 9.97 Å². The normalized spacial score (nSPS) is 16.0. The molecule has 1 saturated heterocycles. The van der Waals surface area contributed by atoms with Crippen LogP contribution < -0.4 is 10.2 Å². The number of hydrogen-bond acceptors (Lipinski definition) is 4. The standard InChI is InChI=1S/C24H28N4/c1-19(22-10-6-3-7-11-22)26-24-25-15-12-23(27-24)28-16-13-21(14-17-28)18-20-8-4-2-5-9-20/h2-12,15,19,21H,13-14,16-18H2,1H3,(H,25,26,27). The summed E-state index contributed by atoms with van der Waals surface area (Å²) in [6.07, 6.45) is 5.46. The zero-order chi connectivity index (χ0) is 19.2. The molecule has 0 spiro atoms. The van der Waals surface area contributed by atoms with Crippen molar-refractivity contribution in [3.63, 3.8) is 0 Å². The Morgan fingerprint density at radius 1 is 0.964 bits per heavy atom. The Kier molecular flexibility index (Phi) is 5.86. The van der Waals surface area contributed by atoms with Crippen LogP contribution in [0.25, 0.3) is 0 Å². The summed E-state index contributed by atoms with van der Waals surface area (Å²) >= 11 is 0. The molecule has 28 heavy (non-hydrogen) atoms. The van der Waals surface area contributed by atoms with Crippen LogP contribution in [-0.4, -0.2) is 23.1 Å². The maximum atomic E-state index is 4.77. The van der Waals surface area contributed by atoms with Gasteiger partial charge in [0.25, 0.3) is 0 Å². The van der Waals surface area contributed by atoms with E-state index in [1.807, 2.05) is 18.3 Å². The Morgan fingerprint density at radius 3 is 2.36 bits per heavy atom. The Hall–Kier alpha value is -2.88. The van der Waals surface area contributed by atoms with E-state index in [1.54, 1.807) is 0 Å². The lowest BCUT2D eigenvalue weighted by Gasteiger charge is -2.33. The first-order valence-corrected chi connectivity index (χ1v) is 10.2. The van der Waals surface area contributed by atoms with E-state index in [2.05, 4.69) is 76.7 Å². The third kappa shape index (κ3) is 4.69. The zero-order valence-corrected chi connectivity index (χ0v) is 16.5. The fourth-order valence-electron chi connectivity index (χ4n) is 3.93.